The first-order chi connectivity index (χ1) is 14.4. The van der Waals surface area contributed by atoms with Crippen molar-refractivity contribution < 1.29 is 5.11 Å². The molecule has 1 nitrogen and oxygen atoms in total. The Labute approximate surface area is 192 Å². The first kappa shape index (κ1) is 22.2. The average Bonchev–Trinajstić information content (AvgIpc) is 3.27. The van der Waals surface area contributed by atoms with E-state index < -0.39 is 0 Å². The van der Waals surface area contributed by atoms with E-state index in [1.807, 2.05) is 5.57 Å². The quantitative estimate of drug-likeness (QED) is 0.452. The molecule has 8 atom stereocenters. The summed E-state index contributed by atoms with van der Waals surface area (Å²) in [4.78, 5) is 0. The molecule has 1 N–H and O–H groups in total. The molecule has 2 spiro atoms. The fourth-order valence-electron chi connectivity index (χ4n) is 10.3. The topological polar surface area (TPSA) is 20.2 Å². The molecule has 1 heteroatoms. The Morgan fingerprint density at radius 1 is 1.10 bits per heavy atom. The zero-order valence-corrected chi connectivity index (χ0v) is 21.5. The summed E-state index contributed by atoms with van der Waals surface area (Å²) < 4.78 is 0. The minimum atomic E-state index is -0.113. The number of allylic oxidation sites excluding steroid dienone is 4. The average molecular weight is 425 g/mol. The van der Waals surface area contributed by atoms with Gasteiger partial charge in [0.15, 0.2) is 0 Å². The predicted octanol–water partition coefficient (Wildman–Crippen LogP) is 8.09. The lowest BCUT2D eigenvalue weighted by atomic mass is 9.45. The fourth-order valence-corrected chi connectivity index (χ4v) is 10.3. The van der Waals surface area contributed by atoms with E-state index in [4.69, 9.17) is 0 Å². The van der Waals surface area contributed by atoms with E-state index >= 15 is 0 Å². The molecule has 4 fully saturated rings. The molecule has 5 aliphatic rings. The first-order valence-electron chi connectivity index (χ1n) is 13.5. The van der Waals surface area contributed by atoms with Crippen LogP contribution in [0.25, 0.3) is 0 Å². The van der Waals surface area contributed by atoms with Gasteiger partial charge in [0.1, 0.15) is 0 Å². The molecular formula is C30H48O. The Bertz CT molecular complexity index is 814. The number of hydrogen-bond donors (Lipinski definition) is 1. The lowest BCUT2D eigenvalue weighted by Gasteiger charge is -2.60. The highest BCUT2D eigenvalue weighted by Gasteiger charge is 2.80. The van der Waals surface area contributed by atoms with Crippen LogP contribution in [0.3, 0.4) is 0 Å². The molecule has 0 radical (unpaired) electrons. The summed E-state index contributed by atoms with van der Waals surface area (Å²) in [5.41, 5.74) is 5.30. The van der Waals surface area contributed by atoms with Crippen LogP contribution in [0.2, 0.25) is 0 Å². The summed E-state index contributed by atoms with van der Waals surface area (Å²) in [6.45, 7) is 17.1. The third-order valence-electron chi connectivity index (χ3n) is 12.4. The summed E-state index contributed by atoms with van der Waals surface area (Å²) in [6.07, 6.45) is 18.3. The smallest absolute Gasteiger partial charge is 0.0594 e. The minimum Gasteiger partial charge on any atom is -0.393 e. The van der Waals surface area contributed by atoms with Gasteiger partial charge in [0.05, 0.1) is 6.10 Å². The van der Waals surface area contributed by atoms with Crippen LogP contribution in [0, 0.1) is 44.8 Å². The second-order valence-electron chi connectivity index (χ2n) is 13.9. The van der Waals surface area contributed by atoms with Crippen molar-refractivity contribution >= 4 is 0 Å². The highest BCUT2D eigenvalue weighted by atomic mass is 16.3. The van der Waals surface area contributed by atoms with Crippen LogP contribution in [0.4, 0.5) is 0 Å². The Balaban J connectivity index is 1.45. The van der Waals surface area contributed by atoms with Crippen molar-refractivity contribution in [2.24, 2.45) is 44.8 Å². The van der Waals surface area contributed by atoms with E-state index in [1.165, 1.54) is 63.4 Å². The molecule has 31 heavy (non-hydrogen) atoms. The standard InChI is InChI=1S/C30H48O/c1-20(2)9-8-10-21(3)22-13-15-28(7)24-12-11-23-26(4,5)25(31)14-16-29(23)19-30(24,29)18-17-27(22,28)6/h9,12,21-23,25,31H,8,10-11,13-19H2,1-7H3. The molecule has 0 heterocycles. The molecule has 5 aliphatic carbocycles. The molecular weight excluding hydrogens is 376 g/mol. The van der Waals surface area contributed by atoms with E-state index in [2.05, 4.69) is 60.6 Å². The van der Waals surface area contributed by atoms with Gasteiger partial charge in [-0.2, -0.15) is 0 Å². The van der Waals surface area contributed by atoms with Gasteiger partial charge in [-0.05, 0) is 123 Å². The molecule has 8 unspecified atom stereocenters. The van der Waals surface area contributed by atoms with Crippen molar-refractivity contribution in [3.8, 4) is 0 Å². The zero-order chi connectivity index (χ0) is 22.4. The molecule has 0 aromatic heterocycles. The Kier molecular flexibility index (Phi) is 4.84. The summed E-state index contributed by atoms with van der Waals surface area (Å²) in [6, 6.07) is 0. The van der Waals surface area contributed by atoms with Gasteiger partial charge >= 0.3 is 0 Å². The monoisotopic (exact) mass is 424 g/mol. The SMILES string of the molecule is CC(C)=CCCC(C)C1CCC2(C)C3=CCC4C(C)(C)C(O)CCC45CC35CCC12C. The maximum Gasteiger partial charge on any atom is 0.0594 e. The lowest BCUT2D eigenvalue weighted by molar-refractivity contribution is -0.0905. The molecule has 0 aromatic carbocycles. The van der Waals surface area contributed by atoms with Crippen molar-refractivity contribution in [3.05, 3.63) is 23.3 Å². The van der Waals surface area contributed by atoms with Gasteiger partial charge in [-0.25, -0.2) is 0 Å². The summed E-state index contributed by atoms with van der Waals surface area (Å²) in [5.74, 6) is 2.38. The number of hydrogen-bond acceptors (Lipinski definition) is 1. The van der Waals surface area contributed by atoms with E-state index in [9.17, 15) is 5.11 Å². The maximum absolute atomic E-state index is 10.8. The highest BCUT2D eigenvalue weighted by Crippen LogP contribution is 2.87. The van der Waals surface area contributed by atoms with Crippen LogP contribution in [-0.2, 0) is 0 Å². The van der Waals surface area contributed by atoms with Crippen LogP contribution < -0.4 is 0 Å². The lowest BCUT2D eigenvalue weighted by Crippen LogP contribution is -2.53. The van der Waals surface area contributed by atoms with E-state index in [0.29, 0.717) is 27.6 Å². The minimum absolute atomic E-state index is 0.0725. The molecule has 0 saturated heterocycles. The normalized spacial score (nSPS) is 50.3. The van der Waals surface area contributed by atoms with Crippen LogP contribution in [0.5, 0.6) is 0 Å². The number of aliphatic hydroxyl groups is 1. The third-order valence-corrected chi connectivity index (χ3v) is 12.4. The van der Waals surface area contributed by atoms with E-state index in [-0.39, 0.29) is 11.5 Å². The van der Waals surface area contributed by atoms with Crippen LogP contribution in [0.15, 0.2) is 23.3 Å². The number of rotatable bonds is 4. The van der Waals surface area contributed by atoms with Crippen LogP contribution >= 0.6 is 0 Å². The molecule has 0 aliphatic heterocycles. The summed E-state index contributed by atoms with van der Waals surface area (Å²) in [5, 5.41) is 10.8. The van der Waals surface area contributed by atoms with Crippen LogP contribution in [0.1, 0.15) is 113 Å². The van der Waals surface area contributed by atoms with Crippen molar-refractivity contribution in [3.63, 3.8) is 0 Å². The third kappa shape index (κ3) is 2.65. The second kappa shape index (κ2) is 6.74. The van der Waals surface area contributed by atoms with Gasteiger partial charge in [0.25, 0.3) is 0 Å². The van der Waals surface area contributed by atoms with Crippen molar-refractivity contribution in [2.45, 2.75) is 119 Å². The Morgan fingerprint density at radius 2 is 1.84 bits per heavy atom. The van der Waals surface area contributed by atoms with Gasteiger partial charge in [-0.15, -0.1) is 0 Å². The van der Waals surface area contributed by atoms with Gasteiger partial charge in [0.2, 0.25) is 0 Å². The molecule has 5 rings (SSSR count). The van der Waals surface area contributed by atoms with Crippen molar-refractivity contribution in [1.82, 2.24) is 0 Å². The van der Waals surface area contributed by atoms with Gasteiger partial charge in [0, 0.05) is 0 Å². The fraction of sp³-hybridized carbons (Fsp3) is 0.867. The van der Waals surface area contributed by atoms with E-state index in [0.717, 1.165) is 18.3 Å². The van der Waals surface area contributed by atoms with Gasteiger partial charge in [-0.1, -0.05) is 57.9 Å². The van der Waals surface area contributed by atoms with Crippen LogP contribution in [-0.4, -0.2) is 11.2 Å². The first-order valence-corrected chi connectivity index (χ1v) is 13.5. The second-order valence-corrected chi connectivity index (χ2v) is 13.9. The van der Waals surface area contributed by atoms with Gasteiger partial charge in [-0.3, -0.25) is 0 Å². The number of aliphatic hydroxyl groups excluding tert-OH is 1. The summed E-state index contributed by atoms with van der Waals surface area (Å²) in [7, 11) is 0. The Hall–Kier alpha value is -0.560. The maximum atomic E-state index is 10.8. The number of fused-ring (bicyclic) bond motifs is 2. The zero-order valence-electron chi connectivity index (χ0n) is 21.5. The Morgan fingerprint density at radius 3 is 2.55 bits per heavy atom. The molecule has 0 bridgehead atoms. The van der Waals surface area contributed by atoms with Crippen molar-refractivity contribution in [1.29, 1.82) is 0 Å². The molecule has 4 saturated carbocycles. The largest absolute Gasteiger partial charge is 0.393 e. The van der Waals surface area contributed by atoms with Crippen molar-refractivity contribution in [2.75, 3.05) is 0 Å². The summed E-state index contributed by atoms with van der Waals surface area (Å²) >= 11 is 0. The molecule has 0 aromatic rings. The molecule has 174 valence electrons. The highest BCUT2D eigenvalue weighted by molar-refractivity contribution is 5.45. The van der Waals surface area contributed by atoms with E-state index in [1.54, 1.807) is 0 Å². The van der Waals surface area contributed by atoms with Gasteiger partial charge < -0.3 is 5.11 Å². The molecule has 0 amide bonds. The predicted molar refractivity (Wildman–Crippen MR) is 131 cm³/mol.